The summed E-state index contributed by atoms with van der Waals surface area (Å²) in [5.74, 6) is 0. The number of fused-ring (bicyclic) bond motifs is 2. The average Bonchev–Trinajstić information content (AvgIpc) is 3.00. The molecular weight excluding hydrogens is 659 g/mol. The standard InChI is InChI=1S/C32H22N4.2BrH.Ni/c1-3-13-27-23(9-1)15-17-29(35-21-25-11-5-7-19-33-25)31(27)32-28-14-4-2-10-24(28)16-18-30(32)36-22-26-12-6-8-20-34-26;;;/h1-22H;2*1H;/q;;;+2/p-2. The molecule has 0 spiro atoms. The summed E-state index contributed by atoms with van der Waals surface area (Å²) in [4.78, 5) is 18.7. The molecule has 6 rings (SSSR count). The van der Waals surface area contributed by atoms with Gasteiger partial charge in [0.25, 0.3) is 0 Å². The number of nitrogens with zero attached hydrogens (tertiary/aromatic N) is 4. The summed E-state index contributed by atoms with van der Waals surface area (Å²) in [6.45, 7) is 0. The third-order valence-corrected chi connectivity index (χ3v) is 6.11. The minimum atomic E-state index is 0.808. The molecule has 194 valence electrons. The van der Waals surface area contributed by atoms with Gasteiger partial charge in [0.05, 0.1) is 35.2 Å². The molecule has 0 aliphatic heterocycles. The number of halogens is 2. The van der Waals surface area contributed by atoms with Crippen LogP contribution in [-0.2, 0) is 10.9 Å². The maximum atomic E-state index is 4.92. The molecular formula is C32H22Br2N4Ni. The van der Waals surface area contributed by atoms with Crippen molar-refractivity contribution in [3.8, 4) is 11.1 Å². The van der Waals surface area contributed by atoms with Gasteiger partial charge in [0.15, 0.2) is 0 Å². The van der Waals surface area contributed by atoms with E-state index in [1.807, 2.05) is 48.8 Å². The van der Waals surface area contributed by atoms with Crippen LogP contribution >= 0.6 is 28.5 Å². The summed E-state index contributed by atoms with van der Waals surface area (Å²) >= 11 is 6.00. The number of rotatable bonds is 5. The fourth-order valence-electron chi connectivity index (χ4n) is 4.44. The third kappa shape index (κ3) is 6.56. The third-order valence-electron chi connectivity index (χ3n) is 6.11. The van der Waals surface area contributed by atoms with Crippen LogP contribution in [0.5, 0.6) is 0 Å². The second-order valence-corrected chi connectivity index (χ2v) is 13.4. The molecule has 4 aromatic carbocycles. The van der Waals surface area contributed by atoms with E-state index in [4.69, 9.17) is 9.98 Å². The first-order valence-corrected chi connectivity index (χ1v) is 16.9. The van der Waals surface area contributed by atoms with Crippen LogP contribution in [0.15, 0.2) is 132 Å². The Morgan fingerprint density at radius 1 is 0.513 bits per heavy atom. The van der Waals surface area contributed by atoms with Gasteiger partial charge in [-0.25, -0.2) is 0 Å². The van der Waals surface area contributed by atoms with Crippen molar-refractivity contribution in [2.45, 2.75) is 0 Å². The Bertz CT molecular complexity index is 1630. The van der Waals surface area contributed by atoms with Crippen molar-refractivity contribution in [1.29, 1.82) is 0 Å². The van der Waals surface area contributed by atoms with Gasteiger partial charge in [-0.05, 0) is 57.9 Å². The first-order valence-electron chi connectivity index (χ1n) is 12.0. The average molecular weight is 681 g/mol. The SMILES string of the molecule is C(=Nc1ccc2ccccc2c1-c1c(N=Cc2ccccn2)ccc2ccccc12)c1ccccn1.[Br][Ni][Br]. The van der Waals surface area contributed by atoms with E-state index in [1.54, 1.807) is 12.4 Å². The Kier molecular flexibility index (Phi) is 9.39. The zero-order valence-corrected chi connectivity index (χ0v) is 24.7. The quantitative estimate of drug-likeness (QED) is 0.135. The number of hydrogen-bond acceptors (Lipinski definition) is 4. The molecule has 7 heteroatoms. The maximum absolute atomic E-state index is 4.92. The van der Waals surface area contributed by atoms with Gasteiger partial charge in [-0.2, -0.15) is 0 Å². The van der Waals surface area contributed by atoms with Gasteiger partial charge in [-0.1, -0.05) is 72.8 Å². The summed E-state index contributed by atoms with van der Waals surface area (Å²) in [6.07, 6.45) is 7.18. The van der Waals surface area contributed by atoms with Crippen molar-refractivity contribution in [2.24, 2.45) is 9.98 Å². The molecule has 0 unspecified atom stereocenters. The minimum absolute atomic E-state index is 0.808. The molecule has 39 heavy (non-hydrogen) atoms. The predicted molar refractivity (Wildman–Crippen MR) is 168 cm³/mol. The first-order chi connectivity index (χ1) is 19.3. The topological polar surface area (TPSA) is 50.5 Å². The van der Waals surface area contributed by atoms with E-state index in [-0.39, 0.29) is 0 Å². The molecule has 0 radical (unpaired) electrons. The van der Waals surface area contributed by atoms with Crippen LogP contribution in [0.4, 0.5) is 11.4 Å². The second kappa shape index (κ2) is 13.5. The Balaban J connectivity index is 0.000000983. The van der Waals surface area contributed by atoms with Crippen LogP contribution in [0.1, 0.15) is 11.4 Å². The van der Waals surface area contributed by atoms with Gasteiger partial charge in [0.1, 0.15) is 0 Å². The predicted octanol–water partition coefficient (Wildman–Crippen LogP) is 9.64. The molecule has 0 N–H and O–H groups in total. The molecule has 0 saturated heterocycles. The Morgan fingerprint density at radius 2 is 0.923 bits per heavy atom. The van der Waals surface area contributed by atoms with Crippen molar-refractivity contribution < 1.29 is 10.9 Å². The molecule has 0 atom stereocenters. The zero-order valence-electron chi connectivity index (χ0n) is 20.6. The van der Waals surface area contributed by atoms with Gasteiger partial charge in [0.2, 0.25) is 0 Å². The van der Waals surface area contributed by atoms with Crippen molar-refractivity contribution >= 4 is 73.8 Å². The van der Waals surface area contributed by atoms with E-state index in [1.165, 1.54) is 10.9 Å². The Morgan fingerprint density at radius 3 is 1.33 bits per heavy atom. The molecule has 0 aliphatic rings. The van der Waals surface area contributed by atoms with E-state index in [0.717, 1.165) is 55.4 Å². The van der Waals surface area contributed by atoms with Crippen molar-refractivity contribution in [3.05, 3.63) is 133 Å². The van der Waals surface area contributed by atoms with E-state index < -0.39 is 0 Å². The fraction of sp³-hybridized carbons (Fsp3) is 0. The molecule has 0 aliphatic carbocycles. The Labute approximate surface area is 247 Å². The first kappa shape index (κ1) is 27.1. The summed E-state index contributed by atoms with van der Waals surface area (Å²) < 4.78 is 0. The fourth-order valence-corrected chi connectivity index (χ4v) is 4.44. The van der Waals surface area contributed by atoms with Crippen molar-refractivity contribution in [3.63, 3.8) is 0 Å². The number of aromatic nitrogens is 2. The molecule has 0 bridgehead atoms. The van der Waals surface area contributed by atoms with Crippen LogP contribution in [0.2, 0.25) is 0 Å². The van der Waals surface area contributed by atoms with Gasteiger partial charge < -0.3 is 0 Å². The number of pyridine rings is 2. The van der Waals surface area contributed by atoms with Crippen LogP contribution in [0, 0.1) is 0 Å². The van der Waals surface area contributed by atoms with Crippen LogP contribution in [-0.4, -0.2) is 22.4 Å². The summed E-state index contributed by atoms with van der Waals surface area (Å²) in [7, 11) is 1.25. The zero-order chi connectivity index (χ0) is 26.9. The Hall–Kier alpha value is -3.51. The van der Waals surface area contributed by atoms with Gasteiger partial charge in [-0.15, -0.1) is 0 Å². The summed E-state index contributed by atoms with van der Waals surface area (Å²) in [6, 6.07) is 36.8. The number of hydrogen-bond donors (Lipinski definition) is 0. The number of benzene rings is 4. The van der Waals surface area contributed by atoms with Gasteiger partial charge in [0, 0.05) is 23.5 Å². The molecule has 2 aromatic heterocycles. The summed E-state index contributed by atoms with van der Waals surface area (Å²) in [5, 5.41) is 4.55. The molecule has 4 nitrogen and oxygen atoms in total. The normalized spacial score (nSPS) is 11.3. The molecule has 6 aromatic rings. The van der Waals surface area contributed by atoms with Crippen LogP contribution < -0.4 is 0 Å². The monoisotopic (exact) mass is 678 g/mol. The van der Waals surface area contributed by atoms with Crippen molar-refractivity contribution in [1.82, 2.24) is 9.97 Å². The van der Waals surface area contributed by atoms with Crippen LogP contribution in [0.3, 0.4) is 0 Å². The molecule has 0 amide bonds. The second-order valence-electron chi connectivity index (χ2n) is 8.43. The molecule has 2 heterocycles. The van der Waals surface area contributed by atoms with Crippen LogP contribution in [0.25, 0.3) is 32.7 Å². The van der Waals surface area contributed by atoms with E-state index in [2.05, 4.69) is 111 Å². The van der Waals surface area contributed by atoms with Gasteiger partial charge in [-0.3, -0.25) is 20.0 Å². The number of aliphatic imine (C=N–C) groups is 2. The van der Waals surface area contributed by atoms with E-state index in [0.29, 0.717) is 0 Å². The van der Waals surface area contributed by atoms with Gasteiger partial charge >= 0.3 is 39.3 Å². The van der Waals surface area contributed by atoms with Crippen molar-refractivity contribution in [2.75, 3.05) is 0 Å². The molecule has 0 fully saturated rings. The van der Waals surface area contributed by atoms with E-state index >= 15 is 0 Å². The van der Waals surface area contributed by atoms with E-state index in [9.17, 15) is 0 Å². The molecule has 0 saturated carbocycles. The summed E-state index contributed by atoms with van der Waals surface area (Å²) in [5.41, 5.74) is 5.44.